The van der Waals surface area contributed by atoms with E-state index in [0.717, 1.165) is 65.9 Å². The van der Waals surface area contributed by atoms with Gasteiger partial charge in [0.05, 0.1) is 6.54 Å². The lowest BCUT2D eigenvalue weighted by Gasteiger charge is -2.10. The van der Waals surface area contributed by atoms with Gasteiger partial charge in [-0.2, -0.15) is 0 Å². The predicted molar refractivity (Wildman–Crippen MR) is 231 cm³/mol. The third kappa shape index (κ3) is 6.10. The fraction of sp³-hybridized carbons (Fsp3) is 0.0196. The van der Waals surface area contributed by atoms with E-state index >= 15 is 0 Å². The molecule has 55 heavy (non-hydrogen) atoms. The third-order valence-corrected chi connectivity index (χ3v) is 10.5. The van der Waals surface area contributed by atoms with Crippen molar-refractivity contribution >= 4 is 65.9 Å². The number of rotatable bonds is 6. The van der Waals surface area contributed by atoms with Crippen LogP contribution in [-0.2, 0) is 6.54 Å². The maximum atomic E-state index is 6.82. The van der Waals surface area contributed by atoms with Gasteiger partial charge < -0.3 is 10.2 Å². The first-order valence-electron chi connectivity index (χ1n) is 18.5. The van der Waals surface area contributed by atoms with Crippen molar-refractivity contribution in [2.24, 2.45) is 15.7 Å². The molecule has 0 radical (unpaired) electrons. The predicted octanol–water partition coefficient (Wildman–Crippen LogP) is 12.7. The molecule has 4 nitrogen and oxygen atoms in total. The molecule has 2 N–H and O–H groups in total. The standard InChI is InChI=1S/C51H35N3O/c52-50(54-51(53-32-33-10-3-1-4-11-33)42-24-26-44-39(30-42)21-18-35-14-7-8-15-43(35)44)41-23-20-36-28-40(22-19-37(36)29-41)45-16-9-17-48-49(45)46-31-38(25-27-47(46)55-48)34-12-5-2-6-13-34/h1-31H,32H2,(H2,52,53,54). The van der Waals surface area contributed by atoms with Gasteiger partial charge in [-0.1, -0.05) is 152 Å². The van der Waals surface area contributed by atoms with Gasteiger partial charge in [-0.15, -0.1) is 0 Å². The molecular formula is C51H35N3O. The highest BCUT2D eigenvalue weighted by Gasteiger charge is 2.15. The first-order chi connectivity index (χ1) is 27.1. The molecular weight excluding hydrogens is 671 g/mol. The summed E-state index contributed by atoms with van der Waals surface area (Å²) in [7, 11) is 0. The van der Waals surface area contributed by atoms with Crippen LogP contribution in [0.15, 0.2) is 202 Å². The number of amidine groups is 2. The van der Waals surface area contributed by atoms with Gasteiger partial charge in [0, 0.05) is 21.9 Å². The van der Waals surface area contributed by atoms with Crippen LogP contribution in [0.25, 0.3) is 76.5 Å². The quantitative estimate of drug-likeness (QED) is 0.106. The molecule has 0 fully saturated rings. The van der Waals surface area contributed by atoms with Crippen LogP contribution in [0.5, 0.6) is 0 Å². The average molecular weight is 706 g/mol. The van der Waals surface area contributed by atoms with E-state index in [2.05, 4.69) is 152 Å². The number of fused-ring (bicyclic) bond motifs is 7. The summed E-state index contributed by atoms with van der Waals surface area (Å²) in [5.41, 5.74) is 16.1. The Labute approximate surface area is 318 Å². The van der Waals surface area contributed by atoms with Gasteiger partial charge in [-0.25, -0.2) is 4.99 Å². The molecule has 10 rings (SSSR count). The zero-order chi connectivity index (χ0) is 36.7. The van der Waals surface area contributed by atoms with Crippen LogP contribution in [0, 0.1) is 0 Å². The van der Waals surface area contributed by atoms with Gasteiger partial charge in [-0.3, -0.25) is 4.99 Å². The third-order valence-electron chi connectivity index (χ3n) is 10.5. The summed E-state index contributed by atoms with van der Waals surface area (Å²) < 4.78 is 6.34. The molecule has 0 saturated carbocycles. The van der Waals surface area contributed by atoms with Crippen LogP contribution < -0.4 is 5.73 Å². The second kappa shape index (κ2) is 13.6. The topological polar surface area (TPSA) is 63.9 Å². The number of hydrogen-bond acceptors (Lipinski definition) is 2. The van der Waals surface area contributed by atoms with Crippen molar-refractivity contribution in [3.63, 3.8) is 0 Å². The van der Waals surface area contributed by atoms with E-state index in [1.54, 1.807) is 0 Å². The minimum absolute atomic E-state index is 0.417. The minimum atomic E-state index is 0.417. The minimum Gasteiger partial charge on any atom is -0.456 e. The molecule has 0 saturated heterocycles. The molecule has 0 bridgehead atoms. The summed E-state index contributed by atoms with van der Waals surface area (Å²) in [5.74, 6) is 1.02. The first-order valence-corrected chi connectivity index (χ1v) is 18.5. The lowest BCUT2D eigenvalue weighted by atomic mass is 9.95. The lowest BCUT2D eigenvalue weighted by molar-refractivity contribution is 0.669. The summed E-state index contributed by atoms with van der Waals surface area (Å²) in [6, 6.07) is 65.6. The molecule has 0 aliphatic heterocycles. The van der Waals surface area contributed by atoms with Crippen molar-refractivity contribution < 1.29 is 4.42 Å². The molecule has 0 atom stereocenters. The number of benzene rings is 9. The van der Waals surface area contributed by atoms with Gasteiger partial charge in [0.25, 0.3) is 0 Å². The second-order valence-corrected chi connectivity index (χ2v) is 14.0. The molecule has 1 heterocycles. The van der Waals surface area contributed by atoms with E-state index in [-0.39, 0.29) is 0 Å². The molecule has 0 aliphatic carbocycles. The van der Waals surface area contributed by atoms with Crippen LogP contribution in [-0.4, -0.2) is 11.7 Å². The van der Waals surface area contributed by atoms with Crippen LogP contribution in [0.1, 0.15) is 16.7 Å². The SMILES string of the molecule is N/C(=N\C(=N/Cc1ccccc1)c1ccc2c(ccc3ccccc32)c1)c1ccc2cc(-c3cccc4oc5ccc(-c6ccccc6)cc5c34)ccc2c1. The van der Waals surface area contributed by atoms with Crippen molar-refractivity contribution in [3.05, 3.63) is 205 Å². The normalized spacial score (nSPS) is 12.4. The van der Waals surface area contributed by atoms with Crippen LogP contribution >= 0.6 is 0 Å². The Balaban J connectivity index is 1.02. The second-order valence-electron chi connectivity index (χ2n) is 14.0. The molecule has 260 valence electrons. The Morgan fingerprint density at radius 1 is 0.455 bits per heavy atom. The first kappa shape index (κ1) is 32.4. The van der Waals surface area contributed by atoms with Crippen molar-refractivity contribution in [1.82, 2.24) is 0 Å². The summed E-state index contributed by atoms with van der Waals surface area (Å²) in [4.78, 5) is 10.0. The summed E-state index contributed by atoms with van der Waals surface area (Å²) >= 11 is 0. The molecule has 0 spiro atoms. The van der Waals surface area contributed by atoms with Crippen LogP contribution in [0.2, 0.25) is 0 Å². The van der Waals surface area contributed by atoms with Gasteiger partial charge >= 0.3 is 0 Å². The largest absolute Gasteiger partial charge is 0.456 e. The van der Waals surface area contributed by atoms with Crippen LogP contribution in [0.4, 0.5) is 0 Å². The Morgan fingerprint density at radius 2 is 1.15 bits per heavy atom. The van der Waals surface area contributed by atoms with Crippen LogP contribution in [0.3, 0.4) is 0 Å². The summed E-state index contributed by atoms with van der Waals surface area (Å²) in [6.07, 6.45) is 0. The Morgan fingerprint density at radius 3 is 2.04 bits per heavy atom. The molecule has 9 aromatic carbocycles. The van der Waals surface area contributed by atoms with Crippen molar-refractivity contribution in [3.8, 4) is 22.3 Å². The van der Waals surface area contributed by atoms with E-state index < -0.39 is 0 Å². The lowest BCUT2D eigenvalue weighted by Crippen LogP contribution is -2.16. The van der Waals surface area contributed by atoms with Gasteiger partial charge in [-0.05, 0) is 96.5 Å². The molecule has 0 aliphatic rings. The highest BCUT2D eigenvalue weighted by molar-refractivity contribution is 6.16. The fourth-order valence-corrected chi connectivity index (χ4v) is 7.72. The maximum absolute atomic E-state index is 6.82. The average Bonchev–Trinajstić information content (AvgIpc) is 3.63. The van der Waals surface area contributed by atoms with Crippen molar-refractivity contribution in [2.75, 3.05) is 0 Å². The van der Waals surface area contributed by atoms with Gasteiger partial charge in [0.2, 0.25) is 0 Å². The fourth-order valence-electron chi connectivity index (χ4n) is 7.72. The van der Waals surface area contributed by atoms with E-state index in [1.165, 1.54) is 27.3 Å². The summed E-state index contributed by atoms with van der Waals surface area (Å²) in [6.45, 7) is 0.496. The number of aliphatic imine (C=N–C) groups is 2. The van der Waals surface area contributed by atoms with Gasteiger partial charge in [0.15, 0.2) is 5.84 Å². The van der Waals surface area contributed by atoms with E-state index in [9.17, 15) is 0 Å². The molecule has 1 aromatic heterocycles. The number of hydrogen-bond donors (Lipinski definition) is 1. The Kier molecular flexibility index (Phi) is 8.00. The molecule has 0 unspecified atom stereocenters. The maximum Gasteiger partial charge on any atom is 0.157 e. The Bertz CT molecular complexity index is 3120. The van der Waals surface area contributed by atoms with E-state index in [0.29, 0.717) is 18.2 Å². The zero-order valence-corrected chi connectivity index (χ0v) is 30.0. The zero-order valence-electron chi connectivity index (χ0n) is 30.0. The van der Waals surface area contributed by atoms with Crippen molar-refractivity contribution in [2.45, 2.75) is 6.54 Å². The highest BCUT2D eigenvalue weighted by Crippen LogP contribution is 2.39. The molecule has 0 amide bonds. The van der Waals surface area contributed by atoms with E-state index in [4.69, 9.17) is 20.1 Å². The van der Waals surface area contributed by atoms with Gasteiger partial charge in [0.1, 0.15) is 17.0 Å². The molecule has 4 heteroatoms. The highest BCUT2D eigenvalue weighted by atomic mass is 16.3. The number of nitrogens with zero attached hydrogens (tertiary/aromatic N) is 2. The number of furan rings is 1. The smallest absolute Gasteiger partial charge is 0.157 e. The monoisotopic (exact) mass is 705 g/mol. The number of nitrogens with two attached hydrogens (primary N) is 1. The Hall–Kier alpha value is -7.30. The summed E-state index contributed by atoms with van der Waals surface area (Å²) in [5, 5.41) is 9.19. The molecule has 10 aromatic rings. The van der Waals surface area contributed by atoms with Crippen molar-refractivity contribution in [1.29, 1.82) is 0 Å². The van der Waals surface area contributed by atoms with E-state index in [1.807, 2.05) is 36.4 Å².